The Bertz CT molecular complexity index is 1170. The lowest BCUT2D eigenvalue weighted by molar-refractivity contribution is -0.136. The third kappa shape index (κ3) is 10.3. The number of carbonyl (C=O) groups is 3. The zero-order valence-corrected chi connectivity index (χ0v) is 23.3. The van der Waals surface area contributed by atoms with E-state index in [9.17, 15) is 14.4 Å². The minimum absolute atomic E-state index is 0.00836. The second-order valence-corrected chi connectivity index (χ2v) is 10.8. The summed E-state index contributed by atoms with van der Waals surface area (Å²) >= 11 is 1.00. The molecule has 9 nitrogen and oxygen atoms in total. The maximum Gasteiger partial charge on any atom is 0.436 e. The van der Waals surface area contributed by atoms with Crippen LogP contribution in [0.25, 0.3) is 5.57 Å². The summed E-state index contributed by atoms with van der Waals surface area (Å²) < 4.78 is 22.9. The fraction of sp³-hybridized carbons (Fsp3) is 0.481. The fourth-order valence-electron chi connectivity index (χ4n) is 2.98. The Kier molecular flexibility index (Phi) is 10.8. The highest BCUT2D eigenvalue weighted by Crippen LogP contribution is 2.21. The number of hydrogen-bond acceptors (Lipinski definition) is 8. The molecular weight excluding hydrogens is 496 g/mol. The summed E-state index contributed by atoms with van der Waals surface area (Å²) in [6.07, 6.45) is 0.364. The van der Waals surface area contributed by atoms with E-state index in [0.29, 0.717) is 19.6 Å². The molecule has 0 aliphatic carbocycles. The van der Waals surface area contributed by atoms with Gasteiger partial charge in [0, 0.05) is 5.38 Å². The Balaban J connectivity index is 2.43. The van der Waals surface area contributed by atoms with Gasteiger partial charge in [-0.2, -0.15) is 0 Å². The van der Waals surface area contributed by atoms with Crippen LogP contribution in [0, 0.1) is 0 Å². The average molecular weight is 533 g/mol. The number of rotatable bonds is 8. The van der Waals surface area contributed by atoms with E-state index in [2.05, 4.69) is 4.99 Å². The molecule has 1 heterocycles. The molecule has 0 radical (unpaired) electrons. The van der Waals surface area contributed by atoms with Crippen LogP contribution in [0.2, 0.25) is 0 Å². The molecule has 37 heavy (non-hydrogen) atoms. The van der Waals surface area contributed by atoms with Crippen LogP contribution in [0.15, 0.2) is 46.8 Å². The molecule has 0 atom stereocenters. The number of hydrogen-bond donors (Lipinski definition) is 0. The van der Waals surface area contributed by atoms with Gasteiger partial charge >= 0.3 is 18.2 Å². The van der Waals surface area contributed by atoms with Crippen molar-refractivity contribution in [3.05, 3.63) is 57.8 Å². The van der Waals surface area contributed by atoms with Crippen LogP contribution < -0.4 is 4.80 Å². The third-order valence-electron chi connectivity index (χ3n) is 4.36. The Morgan fingerprint density at radius 2 is 1.65 bits per heavy atom. The molecule has 202 valence electrons. The van der Waals surface area contributed by atoms with Crippen molar-refractivity contribution in [2.75, 3.05) is 13.2 Å². The predicted molar refractivity (Wildman–Crippen MR) is 141 cm³/mol. The van der Waals surface area contributed by atoms with Gasteiger partial charge in [-0.05, 0) is 60.5 Å². The summed E-state index contributed by atoms with van der Waals surface area (Å²) in [7, 11) is 0. The minimum atomic E-state index is -0.866. The van der Waals surface area contributed by atoms with Crippen molar-refractivity contribution < 1.29 is 33.3 Å². The van der Waals surface area contributed by atoms with E-state index >= 15 is 0 Å². The Labute approximate surface area is 221 Å². The molecule has 0 spiro atoms. The van der Waals surface area contributed by atoms with Crippen LogP contribution in [0.5, 0.6) is 0 Å². The predicted octanol–water partition coefficient (Wildman–Crippen LogP) is 5.72. The molecule has 0 saturated carbocycles. The van der Waals surface area contributed by atoms with E-state index < -0.39 is 29.4 Å². The van der Waals surface area contributed by atoms with Gasteiger partial charge in [0.05, 0.1) is 31.1 Å². The molecule has 10 heteroatoms. The summed E-state index contributed by atoms with van der Waals surface area (Å²) in [5.41, 5.74) is -0.231. The van der Waals surface area contributed by atoms with Crippen molar-refractivity contribution in [2.45, 2.75) is 72.7 Å². The van der Waals surface area contributed by atoms with E-state index in [1.54, 1.807) is 59.9 Å². The summed E-state index contributed by atoms with van der Waals surface area (Å²) in [5, 5.41) is 1.56. The number of esters is 1. The van der Waals surface area contributed by atoms with Gasteiger partial charge in [0.15, 0.2) is 0 Å². The fourth-order valence-corrected chi connectivity index (χ4v) is 3.83. The van der Waals surface area contributed by atoms with Gasteiger partial charge in [-0.3, -0.25) is 0 Å². The first kappa shape index (κ1) is 30.0. The topological polar surface area (TPSA) is 105 Å². The van der Waals surface area contributed by atoms with E-state index in [1.807, 2.05) is 30.3 Å². The maximum atomic E-state index is 13.2. The first-order valence-corrected chi connectivity index (χ1v) is 12.9. The molecule has 1 aromatic heterocycles. The smallest absolute Gasteiger partial charge is 0.436 e. The second kappa shape index (κ2) is 13.3. The van der Waals surface area contributed by atoms with Crippen LogP contribution in [0.4, 0.5) is 9.59 Å². The number of nitrogens with zero attached hydrogens (tertiary/aromatic N) is 2. The number of aromatic nitrogens is 1. The molecule has 0 bridgehead atoms. The van der Waals surface area contributed by atoms with E-state index in [4.69, 9.17) is 18.9 Å². The first-order valence-electron chi connectivity index (χ1n) is 12.0. The van der Waals surface area contributed by atoms with Crippen LogP contribution in [-0.4, -0.2) is 47.1 Å². The van der Waals surface area contributed by atoms with Crippen molar-refractivity contribution in [1.82, 2.24) is 4.57 Å². The molecule has 0 unspecified atom stereocenters. The van der Waals surface area contributed by atoms with E-state index in [1.165, 1.54) is 0 Å². The van der Waals surface area contributed by atoms with Gasteiger partial charge in [-0.1, -0.05) is 36.4 Å². The second-order valence-electron chi connectivity index (χ2n) is 9.98. The van der Waals surface area contributed by atoms with Crippen LogP contribution in [0.1, 0.15) is 66.1 Å². The molecule has 2 aromatic rings. The monoisotopic (exact) mass is 532 g/mol. The molecule has 0 aliphatic rings. The molecule has 2 rings (SSSR count). The van der Waals surface area contributed by atoms with Gasteiger partial charge in [0.2, 0.25) is 4.80 Å². The van der Waals surface area contributed by atoms with Crippen molar-refractivity contribution in [1.29, 1.82) is 0 Å². The third-order valence-corrected chi connectivity index (χ3v) is 5.18. The molecule has 0 N–H and O–H groups in total. The highest BCUT2D eigenvalue weighted by Gasteiger charge is 2.26. The van der Waals surface area contributed by atoms with Crippen molar-refractivity contribution in [3.8, 4) is 0 Å². The molecule has 1 amide bonds. The van der Waals surface area contributed by atoms with Gasteiger partial charge in [0.1, 0.15) is 11.2 Å². The highest BCUT2D eigenvalue weighted by atomic mass is 32.1. The van der Waals surface area contributed by atoms with Crippen LogP contribution >= 0.6 is 11.3 Å². The summed E-state index contributed by atoms with van der Waals surface area (Å²) in [6, 6.07) is 9.73. The maximum absolute atomic E-state index is 13.2. The van der Waals surface area contributed by atoms with Gasteiger partial charge < -0.3 is 18.9 Å². The Morgan fingerprint density at radius 1 is 1.00 bits per heavy atom. The zero-order chi connectivity index (χ0) is 27.6. The number of thiazole rings is 1. The zero-order valence-electron chi connectivity index (χ0n) is 22.5. The number of benzene rings is 1. The van der Waals surface area contributed by atoms with E-state index in [-0.39, 0.29) is 22.7 Å². The van der Waals surface area contributed by atoms with Gasteiger partial charge in [-0.15, -0.1) is 16.3 Å². The normalized spacial score (nSPS) is 12.8. The molecule has 1 aromatic carbocycles. The van der Waals surface area contributed by atoms with Gasteiger partial charge in [0.25, 0.3) is 0 Å². The van der Waals surface area contributed by atoms with Crippen LogP contribution in [0.3, 0.4) is 0 Å². The lowest BCUT2D eigenvalue weighted by Crippen LogP contribution is -2.34. The van der Waals surface area contributed by atoms with Crippen molar-refractivity contribution in [2.24, 2.45) is 4.99 Å². The molecular formula is C27H36N2O7S. The number of carbonyl (C=O) groups excluding carboxylic acids is 3. The van der Waals surface area contributed by atoms with E-state index in [0.717, 1.165) is 21.5 Å². The SMILES string of the molecule is CCOC(=O)C(=CCCOCc1ccccc1)c1csc(=NC(=O)OC(C)(C)C)n1C(=O)OC(C)(C)C. The minimum Gasteiger partial charge on any atom is -0.462 e. The lowest BCUT2D eigenvalue weighted by atomic mass is 10.1. The quantitative estimate of drug-likeness (QED) is 0.185. The average Bonchev–Trinajstić information content (AvgIpc) is 3.17. The lowest BCUT2D eigenvalue weighted by Gasteiger charge is -2.20. The Hall–Kier alpha value is -3.24. The van der Waals surface area contributed by atoms with Gasteiger partial charge in [-0.25, -0.2) is 19.0 Å². The summed E-state index contributed by atoms with van der Waals surface area (Å²) in [4.78, 5) is 42.4. The molecule has 0 fully saturated rings. The van der Waals surface area contributed by atoms with Crippen molar-refractivity contribution in [3.63, 3.8) is 0 Å². The highest BCUT2D eigenvalue weighted by molar-refractivity contribution is 7.07. The molecule has 0 saturated heterocycles. The largest absolute Gasteiger partial charge is 0.462 e. The number of ether oxygens (including phenoxy) is 4. The summed E-state index contributed by atoms with van der Waals surface area (Å²) in [5.74, 6) is -0.621. The number of amides is 1. The first-order chi connectivity index (χ1) is 17.3. The molecule has 0 aliphatic heterocycles. The standard InChI is InChI=1S/C27H36N2O7S/c1-8-34-22(30)20(15-12-16-33-17-19-13-10-9-11-14-19)21-18-37-23(28-24(31)35-26(2,3)4)29(21)25(32)36-27(5,6)7/h9-11,13-15,18H,8,12,16-17H2,1-7H3. The van der Waals surface area contributed by atoms with Crippen molar-refractivity contribution >= 4 is 35.1 Å². The van der Waals surface area contributed by atoms with Crippen LogP contribution in [-0.2, 0) is 30.3 Å². The Morgan fingerprint density at radius 3 is 2.24 bits per heavy atom. The summed E-state index contributed by atoms with van der Waals surface area (Å²) in [6.45, 7) is 12.9.